The van der Waals surface area contributed by atoms with E-state index in [1.807, 2.05) is 15.9 Å². The van der Waals surface area contributed by atoms with Gasteiger partial charge >= 0.3 is 0 Å². The number of nitrogens with zero attached hydrogens (tertiary/aromatic N) is 5. The first-order valence-corrected chi connectivity index (χ1v) is 13.1. The summed E-state index contributed by atoms with van der Waals surface area (Å²) >= 11 is 16.6. The normalized spacial score (nSPS) is 32.5. The van der Waals surface area contributed by atoms with Crippen molar-refractivity contribution >= 4 is 75.4 Å². The van der Waals surface area contributed by atoms with E-state index in [-0.39, 0.29) is 17.8 Å². The lowest BCUT2D eigenvalue weighted by atomic mass is 9.90. The lowest BCUT2D eigenvalue weighted by Gasteiger charge is -2.31. The summed E-state index contributed by atoms with van der Waals surface area (Å²) in [4.78, 5) is 28.0. The summed E-state index contributed by atoms with van der Waals surface area (Å²) in [5, 5.41) is 9.31. The van der Waals surface area contributed by atoms with Crippen LogP contribution in [0.1, 0.15) is 44.0 Å². The Morgan fingerprint density at radius 2 is 2.13 bits per heavy atom. The van der Waals surface area contributed by atoms with Gasteiger partial charge in [0.2, 0.25) is 17.8 Å². The Labute approximate surface area is 209 Å². The van der Waals surface area contributed by atoms with Gasteiger partial charge in [0, 0.05) is 30.1 Å². The van der Waals surface area contributed by atoms with Crippen LogP contribution in [0.3, 0.4) is 0 Å². The van der Waals surface area contributed by atoms with Crippen molar-refractivity contribution in [1.82, 2.24) is 19.8 Å². The minimum absolute atomic E-state index is 0.0326. The summed E-state index contributed by atoms with van der Waals surface area (Å²) < 4.78 is 2.48. The predicted octanol–water partition coefficient (Wildman–Crippen LogP) is 4.39. The monoisotopic (exact) mass is 592 g/mol. The average Bonchev–Trinajstić information content (AvgIpc) is 3.62. The predicted molar refractivity (Wildman–Crippen MR) is 133 cm³/mol. The lowest BCUT2D eigenvalue weighted by Crippen LogP contribution is -2.52. The number of anilines is 1. The van der Waals surface area contributed by atoms with Crippen LogP contribution in [0.2, 0.25) is 5.02 Å². The number of hydrogen-bond donors (Lipinski definition) is 1. The van der Waals surface area contributed by atoms with Crippen molar-refractivity contribution in [3.05, 3.63) is 24.9 Å². The summed E-state index contributed by atoms with van der Waals surface area (Å²) in [7, 11) is 1.68. The molecular formula is C20H23Cl2IN6OS. The zero-order valence-corrected chi connectivity index (χ0v) is 21.9. The summed E-state index contributed by atoms with van der Waals surface area (Å²) in [6.07, 6.45) is 2.95. The largest absolute Gasteiger partial charge is 0.337 e. The third kappa shape index (κ3) is 2.98. The zero-order valence-electron chi connectivity index (χ0n) is 17.5. The average molecular weight is 593 g/mol. The standard InChI is InChI=1S/C20H23Cl2IN6OS/c1-4-12-14(22)15(10-5-6-10)26-18(25-12)28-8-11-16(30)27(3)17(24)29-19(2,20(11,29)9-28)31-13(21)7-23/h7,10-11,24H,4-6,8-9H2,1-3H3/b13-7-,24-17?/t11-,19?,20-,29?/m0/s1. The minimum atomic E-state index is -0.507. The third-order valence-electron chi connectivity index (χ3n) is 7.05. The second-order valence-corrected chi connectivity index (χ2v) is 11.8. The van der Waals surface area contributed by atoms with Crippen molar-refractivity contribution in [2.24, 2.45) is 5.92 Å². The Hall–Kier alpha value is -0.780. The SMILES string of the molecule is CCc1nc(N2C[C@H]3C(=O)N(C)C(=N)N4C(C)(S/C(Cl)=C\I)[C@]34C2)nc(C2CC2)c1Cl. The van der Waals surface area contributed by atoms with Crippen LogP contribution in [-0.2, 0) is 11.2 Å². The molecule has 4 heterocycles. The van der Waals surface area contributed by atoms with Crippen LogP contribution < -0.4 is 4.90 Å². The van der Waals surface area contributed by atoms with Gasteiger partial charge in [0.05, 0.1) is 26.7 Å². The van der Waals surface area contributed by atoms with Gasteiger partial charge in [-0.3, -0.25) is 15.1 Å². The number of halogens is 3. The van der Waals surface area contributed by atoms with E-state index in [1.54, 1.807) is 7.05 Å². The van der Waals surface area contributed by atoms with Crippen LogP contribution in [0.15, 0.2) is 8.45 Å². The van der Waals surface area contributed by atoms with Gasteiger partial charge in [0.15, 0.2) is 0 Å². The Morgan fingerprint density at radius 3 is 2.74 bits per heavy atom. The molecule has 11 heteroatoms. The number of aromatic nitrogens is 2. The molecule has 1 aromatic rings. The Morgan fingerprint density at radius 1 is 1.42 bits per heavy atom. The smallest absolute Gasteiger partial charge is 0.236 e. The fraction of sp³-hybridized carbons (Fsp3) is 0.600. The lowest BCUT2D eigenvalue weighted by molar-refractivity contribution is -0.132. The van der Waals surface area contributed by atoms with Gasteiger partial charge in [-0.1, -0.05) is 64.5 Å². The van der Waals surface area contributed by atoms with E-state index < -0.39 is 10.4 Å². The molecule has 1 unspecified atom stereocenters. The highest BCUT2D eigenvalue weighted by Crippen LogP contribution is 2.68. The molecule has 3 aliphatic heterocycles. The van der Waals surface area contributed by atoms with Crippen molar-refractivity contribution in [1.29, 1.82) is 5.41 Å². The third-order valence-corrected chi connectivity index (χ3v) is 10.5. The van der Waals surface area contributed by atoms with Gasteiger partial charge in [-0.05, 0) is 26.2 Å². The molecule has 0 aromatic carbocycles. The second kappa shape index (κ2) is 7.36. The number of thioether (sulfide) groups is 1. The Kier molecular flexibility index (Phi) is 5.23. The number of hydrogen-bond acceptors (Lipinski definition) is 6. The van der Waals surface area contributed by atoms with Crippen LogP contribution in [0.25, 0.3) is 0 Å². The van der Waals surface area contributed by atoms with Crippen LogP contribution in [0.4, 0.5) is 5.95 Å². The molecule has 1 N–H and O–H groups in total. The highest BCUT2D eigenvalue weighted by Gasteiger charge is 2.83. The van der Waals surface area contributed by atoms with Crippen molar-refractivity contribution < 1.29 is 4.79 Å². The van der Waals surface area contributed by atoms with Crippen molar-refractivity contribution in [3.63, 3.8) is 0 Å². The molecule has 0 radical (unpaired) electrons. The summed E-state index contributed by atoms with van der Waals surface area (Å²) in [5.41, 5.74) is 1.29. The second-order valence-electron chi connectivity index (χ2n) is 8.71. The molecule has 7 nitrogen and oxygen atoms in total. The van der Waals surface area contributed by atoms with E-state index in [9.17, 15) is 4.79 Å². The molecule has 4 aliphatic rings. The Bertz CT molecular complexity index is 1040. The molecule has 31 heavy (non-hydrogen) atoms. The zero-order chi connectivity index (χ0) is 22.3. The van der Waals surface area contributed by atoms with E-state index in [4.69, 9.17) is 38.6 Å². The molecule has 4 fully saturated rings. The minimum Gasteiger partial charge on any atom is -0.337 e. The molecule has 166 valence electrons. The maximum absolute atomic E-state index is 13.2. The highest BCUT2D eigenvalue weighted by molar-refractivity contribution is 14.1. The van der Waals surface area contributed by atoms with E-state index in [2.05, 4.69) is 34.4 Å². The van der Waals surface area contributed by atoms with Gasteiger partial charge in [0.25, 0.3) is 0 Å². The summed E-state index contributed by atoms with van der Waals surface area (Å²) in [6.45, 7) is 5.21. The molecule has 3 atom stereocenters. The van der Waals surface area contributed by atoms with Crippen LogP contribution in [0.5, 0.6) is 0 Å². The van der Waals surface area contributed by atoms with E-state index >= 15 is 0 Å². The fourth-order valence-corrected chi connectivity index (χ4v) is 7.62. The van der Waals surface area contributed by atoms with Crippen molar-refractivity contribution in [3.8, 4) is 0 Å². The number of rotatable bonds is 5. The molecule has 0 bridgehead atoms. The van der Waals surface area contributed by atoms with E-state index in [1.165, 1.54) is 16.7 Å². The number of guanidine groups is 1. The number of nitrogens with one attached hydrogen (secondary N) is 1. The van der Waals surface area contributed by atoms with E-state index in [0.29, 0.717) is 34.3 Å². The summed E-state index contributed by atoms with van der Waals surface area (Å²) in [6, 6.07) is 0. The van der Waals surface area contributed by atoms with Gasteiger partial charge in [-0.25, -0.2) is 9.97 Å². The van der Waals surface area contributed by atoms with Gasteiger partial charge < -0.3 is 9.80 Å². The van der Waals surface area contributed by atoms with Crippen molar-refractivity contribution in [2.75, 3.05) is 25.0 Å². The van der Waals surface area contributed by atoms with Crippen LogP contribution >= 0.6 is 57.6 Å². The molecule has 3 saturated heterocycles. The maximum Gasteiger partial charge on any atom is 0.236 e. The topological polar surface area (TPSA) is 76.2 Å². The van der Waals surface area contributed by atoms with Crippen molar-refractivity contribution in [2.45, 2.75) is 49.4 Å². The molecule has 1 aromatic heterocycles. The maximum atomic E-state index is 13.2. The fourth-order valence-electron chi connectivity index (χ4n) is 5.22. The first kappa shape index (κ1) is 22.0. The van der Waals surface area contributed by atoms with Gasteiger partial charge in [-0.2, -0.15) is 0 Å². The first-order chi connectivity index (χ1) is 14.7. The molecule has 1 spiro atoms. The quantitative estimate of drug-likeness (QED) is 0.404. The van der Waals surface area contributed by atoms with Crippen LogP contribution in [-0.4, -0.2) is 62.2 Å². The number of carbonyl (C=O) groups excluding carboxylic acids is 1. The molecular weight excluding hydrogens is 570 g/mol. The van der Waals surface area contributed by atoms with Gasteiger partial charge in [0.1, 0.15) is 10.4 Å². The number of aryl methyl sites for hydroxylation is 1. The van der Waals surface area contributed by atoms with Crippen LogP contribution in [0, 0.1) is 11.3 Å². The summed E-state index contributed by atoms with van der Waals surface area (Å²) in [5.74, 6) is 0.963. The van der Waals surface area contributed by atoms with Gasteiger partial charge in [-0.15, -0.1) is 0 Å². The molecule has 5 rings (SSSR count). The van der Waals surface area contributed by atoms with E-state index in [0.717, 1.165) is 30.7 Å². The number of amides is 1. The Balaban J connectivity index is 1.56. The number of carbonyl (C=O) groups is 1. The highest BCUT2D eigenvalue weighted by atomic mass is 127. The molecule has 1 amide bonds. The molecule has 1 saturated carbocycles. The first-order valence-electron chi connectivity index (χ1n) is 10.3. The molecule has 1 aliphatic carbocycles.